The number of anilines is 1. The van der Waals surface area contributed by atoms with Crippen LogP contribution in [0.2, 0.25) is 0 Å². The molecule has 1 amide bonds. The molecule has 0 radical (unpaired) electrons. The lowest BCUT2D eigenvalue weighted by Gasteiger charge is -2.55. The molecule has 0 aliphatic carbocycles. The average Bonchev–Trinajstić information content (AvgIpc) is 3.28. The van der Waals surface area contributed by atoms with Crippen molar-refractivity contribution < 1.29 is 45.8 Å². The van der Waals surface area contributed by atoms with Crippen LogP contribution in [0.3, 0.4) is 0 Å². The molecule has 43 heavy (non-hydrogen) atoms. The van der Waals surface area contributed by atoms with E-state index in [-0.39, 0.29) is 30.6 Å². The van der Waals surface area contributed by atoms with Gasteiger partial charge in [-0.3, -0.25) is 14.6 Å². The molecule has 1 aromatic carbocycles. The van der Waals surface area contributed by atoms with Crippen LogP contribution in [0, 0.1) is 5.41 Å². The first kappa shape index (κ1) is 31.7. The summed E-state index contributed by atoms with van der Waals surface area (Å²) in [6, 6.07) is 3.89. The van der Waals surface area contributed by atoms with Crippen molar-refractivity contribution in [2.45, 2.75) is 76.0 Å². The minimum atomic E-state index is -4.64. The van der Waals surface area contributed by atoms with E-state index in [1.54, 1.807) is 6.07 Å². The molecule has 2 spiro atoms. The lowest BCUT2D eigenvalue weighted by atomic mass is 9.71. The van der Waals surface area contributed by atoms with Crippen LogP contribution < -0.4 is 4.90 Å². The molecule has 1 atom stereocenters. The van der Waals surface area contributed by atoms with E-state index >= 15 is 0 Å². The van der Waals surface area contributed by atoms with Gasteiger partial charge in [0.25, 0.3) is 0 Å². The summed E-state index contributed by atoms with van der Waals surface area (Å²) < 4.78 is 84.4. The Morgan fingerprint density at radius 2 is 1.60 bits per heavy atom. The van der Waals surface area contributed by atoms with Crippen molar-refractivity contribution in [1.29, 1.82) is 0 Å². The highest BCUT2D eigenvalue weighted by Crippen LogP contribution is 2.46. The fraction of sp³-hybridized carbons (Fsp3) is 0.724. The normalized spacial score (nSPS) is 23.4. The molecule has 4 heterocycles. The number of hydrogen-bond acceptors (Lipinski definition) is 6. The number of carbonyl (C=O) groups excluding carboxylic acids is 1. The summed E-state index contributed by atoms with van der Waals surface area (Å²) >= 11 is 0. The Balaban J connectivity index is 1.26. The number of carboxylic acid groups (broad SMARTS) is 1. The van der Waals surface area contributed by atoms with Crippen molar-refractivity contribution in [2.24, 2.45) is 5.41 Å². The number of alkyl halides is 6. The zero-order chi connectivity index (χ0) is 31.2. The second-order valence-electron chi connectivity index (χ2n) is 12.7. The molecule has 14 heteroatoms. The SMILES string of the molecule is CC(OC(=O)N1CCC2(CCCN2Cc2ccc(C(F)(F)F)cc2N2CC3(CCN(CC(=O)O)CC3)C2)CC1)C(F)(F)F. The number of carboxylic acids is 1. The van der Waals surface area contributed by atoms with Gasteiger partial charge in [0, 0.05) is 49.4 Å². The van der Waals surface area contributed by atoms with E-state index in [1.807, 2.05) is 9.80 Å². The minimum absolute atomic E-state index is 0.0131. The van der Waals surface area contributed by atoms with Crippen molar-refractivity contribution >= 4 is 17.7 Å². The van der Waals surface area contributed by atoms with Crippen molar-refractivity contribution in [3.63, 3.8) is 0 Å². The second-order valence-corrected chi connectivity index (χ2v) is 12.7. The number of halogens is 6. The largest absolute Gasteiger partial charge is 0.480 e. The van der Waals surface area contributed by atoms with Crippen LogP contribution in [0.25, 0.3) is 0 Å². The van der Waals surface area contributed by atoms with Crippen molar-refractivity contribution in [3.8, 4) is 0 Å². The van der Waals surface area contributed by atoms with Gasteiger partial charge < -0.3 is 19.6 Å². The van der Waals surface area contributed by atoms with Gasteiger partial charge in [0.15, 0.2) is 6.10 Å². The van der Waals surface area contributed by atoms with Gasteiger partial charge in [0.2, 0.25) is 0 Å². The van der Waals surface area contributed by atoms with E-state index in [0.29, 0.717) is 51.3 Å². The molecule has 0 saturated carbocycles. The number of nitrogens with zero attached hydrogens (tertiary/aromatic N) is 4. The van der Waals surface area contributed by atoms with Gasteiger partial charge in [-0.2, -0.15) is 26.3 Å². The van der Waals surface area contributed by atoms with Crippen molar-refractivity contribution in [1.82, 2.24) is 14.7 Å². The smallest absolute Gasteiger partial charge is 0.425 e. The van der Waals surface area contributed by atoms with E-state index in [9.17, 15) is 35.9 Å². The molecule has 4 saturated heterocycles. The molecule has 240 valence electrons. The molecule has 1 aromatic rings. The highest BCUT2D eigenvalue weighted by atomic mass is 19.4. The molecule has 1 unspecified atom stereocenters. The van der Waals surface area contributed by atoms with Crippen molar-refractivity contribution in [2.75, 3.05) is 57.3 Å². The summed E-state index contributed by atoms with van der Waals surface area (Å²) in [5.41, 5.74) is 0.297. The highest BCUT2D eigenvalue weighted by Gasteiger charge is 2.48. The minimum Gasteiger partial charge on any atom is -0.480 e. The maximum Gasteiger partial charge on any atom is 0.425 e. The Morgan fingerprint density at radius 3 is 2.19 bits per heavy atom. The third kappa shape index (κ3) is 6.84. The summed E-state index contributed by atoms with van der Waals surface area (Å²) in [6.45, 7) is 4.95. The number of rotatable bonds is 6. The standard InChI is InChI=1S/C29H38F6N4O4/c1-20(28(30,31)32)43-25(42)37-13-8-27(9-14-37)5-2-10-39(27)16-21-3-4-22(29(33,34)35)15-23(21)38-18-26(19-38)6-11-36(12-7-26)17-24(40)41/h3-4,15,20H,2,5-14,16-19H2,1H3,(H,40,41). The van der Waals surface area contributed by atoms with Gasteiger partial charge in [-0.25, -0.2) is 4.79 Å². The third-order valence-corrected chi connectivity index (χ3v) is 9.87. The summed E-state index contributed by atoms with van der Waals surface area (Å²) in [5.74, 6) is -0.874. The molecule has 4 aliphatic heterocycles. The fourth-order valence-corrected chi connectivity index (χ4v) is 7.21. The predicted molar refractivity (Wildman–Crippen MR) is 145 cm³/mol. The molecule has 8 nitrogen and oxygen atoms in total. The van der Waals surface area contributed by atoms with Crippen LogP contribution in [-0.4, -0.2) is 102 Å². The van der Waals surface area contributed by atoms with Crippen LogP contribution in [0.5, 0.6) is 0 Å². The fourth-order valence-electron chi connectivity index (χ4n) is 7.21. The average molecular weight is 621 g/mol. The zero-order valence-electron chi connectivity index (χ0n) is 24.1. The maximum atomic E-state index is 13.7. The highest BCUT2D eigenvalue weighted by molar-refractivity contribution is 5.69. The van der Waals surface area contributed by atoms with Crippen LogP contribution in [0.15, 0.2) is 18.2 Å². The first-order chi connectivity index (χ1) is 20.1. The lowest BCUT2D eigenvalue weighted by Crippen LogP contribution is -2.61. The number of aliphatic carboxylic acids is 1. The summed E-state index contributed by atoms with van der Waals surface area (Å²) in [4.78, 5) is 30.9. The van der Waals surface area contributed by atoms with E-state index in [1.165, 1.54) is 11.0 Å². The Hall–Kier alpha value is -2.74. The molecule has 1 N–H and O–H groups in total. The summed E-state index contributed by atoms with van der Waals surface area (Å²) in [5, 5.41) is 9.08. The van der Waals surface area contributed by atoms with Crippen LogP contribution in [0.4, 0.5) is 36.8 Å². The van der Waals surface area contributed by atoms with E-state index in [2.05, 4.69) is 9.64 Å². The number of benzene rings is 1. The molecular weight excluding hydrogens is 582 g/mol. The van der Waals surface area contributed by atoms with Gasteiger partial charge in [-0.15, -0.1) is 0 Å². The first-order valence-corrected chi connectivity index (χ1v) is 14.8. The Morgan fingerprint density at radius 1 is 0.953 bits per heavy atom. The van der Waals surface area contributed by atoms with Crippen LogP contribution in [0.1, 0.15) is 56.6 Å². The molecule has 0 bridgehead atoms. The van der Waals surface area contributed by atoms with Gasteiger partial charge >= 0.3 is 24.4 Å². The number of amides is 1. The van der Waals surface area contributed by atoms with Crippen LogP contribution >= 0.6 is 0 Å². The van der Waals surface area contributed by atoms with Gasteiger partial charge in [0.1, 0.15) is 0 Å². The molecule has 4 fully saturated rings. The molecular formula is C29H38F6N4O4. The number of ether oxygens (including phenoxy) is 1. The number of carbonyl (C=O) groups is 2. The van der Waals surface area contributed by atoms with E-state index in [0.717, 1.165) is 50.8 Å². The Kier molecular flexibility index (Phi) is 8.58. The van der Waals surface area contributed by atoms with Crippen LogP contribution in [-0.2, 0) is 22.3 Å². The monoisotopic (exact) mass is 620 g/mol. The number of hydrogen-bond donors (Lipinski definition) is 1. The van der Waals surface area contributed by atoms with Crippen molar-refractivity contribution in [3.05, 3.63) is 29.3 Å². The summed E-state index contributed by atoms with van der Waals surface area (Å²) in [7, 11) is 0. The Bertz CT molecular complexity index is 1180. The van der Waals surface area contributed by atoms with E-state index in [4.69, 9.17) is 5.11 Å². The topological polar surface area (TPSA) is 76.6 Å². The predicted octanol–water partition coefficient (Wildman–Crippen LogP) is 5.21. The number of likely N-dealkylation sites (tertiary alicyclic amines) is 3. The van der Waals surface area contributed by atoms with Gasteiger partial charge in [0.05, 0.1) is 12.1 Å². The zero-order valence-corrected chi connectivity index (χ0v) is 24.1. The molecule has 4 aliphatic rings. The third-order valence-electron chi connectivity index (χ3n) is 9.87. The van der Waals surface area contributed by atoms with Gasteiger partial charge in [-0.1, -0.05) is 6.07 Å². The molecule has 0 aromatic heterocycles. The second kappa shape index (κ2) is 11.6. The maximum absolute atomic E-state index is 13.7. The van der Waals surface area contributed by atoms with Gasteiger partial charge in [-0.05, 0) is 82.8 Å². The first-order valence-electron chi connectivity index (χ1n) is 14.8. The summed E-state index contributed by atoms with van der Waals surface area (Å²) in [6.07, 6.45) is -7.93. The Labute approximate surface area is 246 Å². The molecule has 5 rings (SSSR count). The van der Waals surface area contributed by atoms with E-state index < -0.39 is 36.1 Å². The quantitative estimate of drug-likeness (QED) is 0.438. The lowest BCUT2D eigenvalue weighted by molar-refractivity contribution is -0.200. The number of piperidine rings is 2.